The molecule has 12 nitrogen and oxygen atoms in total. The summed E-state index contributed by atoms with van der Waals surface area (Å²) in [6.07, 6.45) is 2.60. The smallest absolute Gasteiger partial charge is 0.407 e. The summed E-state index contributed by atoms with van der Waals surface area (Å²) >= 11 is 0. The minimum absolute atomic E-state index is 0.0613. The van der Waals surface area contributed by atoms with Gasteiger partial charge in [0.2, 0.25) is 10.0 Å². The Balaban J connectivity index is 1.08. The SMILES string of the molecule is N#Cc1cccc(COc2ccc(CC(NC(=O)OC3COC4OCCC34)C(O)CN(CC3CCCC3)S(=O)(=O)c3ccc4c(c3)CCO4)cc2)c1. The third-order valence-corrected chi connectivity index (χ3v) is 12.3. The molecule has 0 aromatic heterocycles. The maximum atomic E-state index is 14.2. The van der Waals surface area contributed by atoms with Crippen molar-refractivity contribution >= 4 is 16.1 Å². The largest absolute Gasteiger partial charge is 0.493 e. The van der Waals surface area contributed by atoms with Crippen LogP contribution in [0.2, 0.25) is 0 Å². The van der Waals surface area contributed by atoms with Gasteiger partial charge in [-0.05, 0) is 90.8 Å². The maximum absolute atomic E-state index is 14.2. The molecule has 3 heterocycles. The van der Waals surface area contributed by atoms with Crippen molar-refractivity contribution in [2.75, 3.05) is 32.9 Å². The van der Waals surface area contributed by atoms with Crippen LogP contribution in [0.3, 0.4) is 0 Å². The predicted octanol–water partition coefficient (Wildman–Crippen LogP) is 4.71. The van der Waals surface area contributed by atoms with E-state index in [-0.39, 0.29) is 49.5 Å². The van der Waals surface area contributed by atoms with Crippen molar-refractivity contribution in [1.82, 2.24) is 9.62 Å². The van der Waals surface area contributed by atoms with Crippen LogP contribution in [0.15, 0.2) is 71.6 Å². The highest BCUT2D eigenvalue weighted by molar-refractivity contribution is 7.89. The van der Waals surface area contributed by atoms with Crippen molar-refractivity contribution in [2.24, 2.45) is 11.8 Å². The molecule has 5 atom stereocenters. The quantitative estimate of drug-likeness (QED) is 0.238. The Hall–Kier alpha value is -4.19. The second kappa shape index (κ2) is 16.2. The van der Waals surface area contributed by atoms with E-state index in [2.05, 4.69) is 11.4 Å². The summed E-state index contributed by atoms with van der Waals surface area (Å²) in [4.78, 5) is 13.5. The van der Waals surface area contributed by atoms with E-state index in [4.69, 9.17) is 23.7 Å². The zero-order valence-electron chi connectivity index (χ0n) is 29.0. The molecule has 1 saturated carbocycles. The van der Waals surface area contributed by atoms with Crippen molar-refractivity contribution in [1.29, 1.82) is 5.26 Å². The molecular weight excluding hydrogens is 687 g/mol. The second-order valence-corrected chi connectivity index (χ2v) is 16.0. The Morgan fingerprint density at radius 3 is 2.65 bits per heavy atom. The van der Waals surface area contributed by atoms with E-state index in [9.17, 15) is 23.6 Å². The molecule has 0 bridgehead atoms. The molecule has 3 aliphatic heterocycles. The number of benzene rings is 3. The maximum Gasteiger partial charge on any atom is 0.407 e. The van der Waals surface area contributed by atoms with Crippen molar-refractivity contribution < 1.29 is 42.0 Å². The fourth-order valence-electron chi connectivity index (χ4n) is 7.59. The first-order chi connectivity index (χ1) is 25.2. The molecule has 3 fully saturated rings. The van der Waals surface area contributed by atoms with Crippen LogP contribution in [0.25, 0.3) is 0 Å². The first-order valence-electron chi connectivity index (χ1n) is 18.1. The van der Waals surface area contributed by atoms with Crippen molar-refractivity contribution in [3.05, 3.63) is 89.0 Å². The molecule has 0 spiro atoms. The summed E-state index contributed by atoms with van der Waals surface area (Å²) < 4.78 is 58.4. The average Bonchev–Trinajstić information content (AvgIpc) is 3.98. The monoisotopic (exact) mass is 731 g/mol. The highest BCUT2D eigenvalue weighted by atomic mass is 32.2. The Morgan fingerprint density at radius 1 is 1.02 bits per heavy atom. The minimum atomic E-state index is -4.00. The summed E-state index contributed by atoms with van der Waals surface area (Å²) in [6.45, 7) is 1.60. The van der Waals surface area contributed by atoms with Crippen LogP contribution in [0.4, 0.5) is 4.79 Å². The number of amides is 1. The van der Waals surface area contributed by atoms with Gasteiger partial charge in [-0.3, -0.25) is 0 Å². The topological polar surface area (TPSA) is 157 Å². The van der Waals surface area contributed by atoms with Crippen LogP contribution >= 0.6 is 0 Å². The van der Waals surface area contributed by atoms with Crippen molar-refractivity contribution in [2.45, 2.75) is 81.0 Å². The van der Waals surface area contributed by atoms with Gasteiger partial charge in [-0.25, -0.2) is 13.2 Å². The molecule has 52 heavy (non-hydrogen) atoms. The number of hydrogen-bond donors (Lipinski definition) is 2. The highest BCUT2D eigenvalue weighted by Crippen LogP contribution is 2.34. The Bertz CT molecular complexity index is 1860. The number of nitrogens with one attached hydrogen (secondary N) is 1. The molecule has 1 amide bonds. The number of fused-ring (bicyclic) bond motifs is 2. The summed E-state index contributed by atoms with van der Waals surface area (Å²) in [5, 5.41) is 23.9. The molecule has 5 unspecified atom stereocenters. The van der Waals surface area contributed by atoms with Crippen LogP contribution in [0.1, 0.15) is 54.4 Å². The third kappa shape index (κ3) is 8.54. The molecule has 13 heteroatoms. The molecular formula is C39H45N3O9S. The van der Waals surface area contributed by atoms with Gasteiger partial charge in [0.05, 0.1) is 54.4 Å². The number of nitriles is 1. The van der Waals surface area contributed by atoms with E-state index >= 15 is 0 Å². The lowest BCUT2D eigenvalue weighted by molar-refractivity contribution is -0.0907. The van der Waals surface area contributed by atoms with Gasteiger partial charge in [0, 0.05) is 19.5 Å². The summed E-state index contributed by atoms with van der Waals surface area (Å²) in [5.41, 5.74) is 3.06. The Morgan fingerprint density at radius 2 is 1.85 bits per heavy atom. The van der Waals surface area contributed by atoms with E-state index < -0.39 is 40.7 Å². The normalized spacial score (nSPS) is 22.3. The number of hydrogen-bond acceptors (Lipinski definition) is 10. The standard InChI is InChI=1S/C39H45N3O9S/c40-21-28-6-3-7-29(18-28)24-49-31-10-8-26(9-11-31)19-34(41-39(44)51-37-25-50-38-33(37)15-17-48-38)35(43)23-42(22-27-4-1-2-5-27)52(45,46)32-12-13-36-30(20-32)14-16-47-36/h3,6-13,18,20,27,33-35,37-38,43H,1-2,4-5,14-17,19,22-25H2,(H,41,44). The van der Waals surface area contributed by atoms with E-state index in [0.29, 0.717) is 36.7 Å². The predicted molar refractivity (Wildman–Crippen MR) is 189 cm³/mol. The van der Waals surface area contributed by atoms with Gasteiger partial charge >= 0.3 is 6.09 Å². The molecule has 1 aliphatic carbocycles. The van der Waals surface area contributed by atoms with Crippen molar-refractivity contribution in [3.63, 3.8) is 0 Å². The molecule has 7 rings (SSSR count). The zero-order chi connectivity index (χ0) is 36.1. The number of alkyl carbamates (subject to hydrolysis) is 1. The fourth-order valence-corrected chi connectivity index (χ4v) is 9.17. The molecule has 3 aromatic rings. The highest BCUT2D eigenvalue weighted by Gasteiger charge is 2.44. The van der Waals surface area contributed by atoms with E-state index in [1.807, 2.05) is 24.3 Å². The van der Waals surface area contributed by atoms with Crippen LogP contribution < -0.4 is 14.8 Å². The van der Waals surface area contributed by atoms with Gasteiger partial charge in [0.25, 0.3) is 0 Å². The number of aliphatic hydroxyl groups is 1. The Labute approximate surface area is 304 Å². The summed E-state index contributed by atoms with van der Waals surface area (Å²) in [5.74, 6) is 1.42. The van der Waals surface area contributed by atoms with Crippen LogP contribution in [-0.2, 0) is 43.7 Å². The summed E-state index contributed by atoms with van der Waals surface area (Å²) in [7, 11) is -4.00. The molecule has 0 radical (unpaired) electrons. The molecule has 3 aromatic carbocycles. The van der Waals surface area contributed by atoms with E-state index in [1.165, 1.54) is 4.31 Å². The number of carbonyl (C=O) groups is 1. The lowest BCUT2D eigenvalue weighted by Crippen LogP contribution is -2.51. The van der Waals surface area contributed by atoms with Gasteiger partial charge < -0.3 is 34.1 Å². The fraction of sp³-hybridized carbons (Fsp3) is 0.487. The van der Waals surface area contributed by atoms with Gasteiger partial charge in [-0.15, -0.1) is 0 Å². The average molecular weight is 732 g/mol. The first kappa shape index (κ1) is 36.2. The van der Waals surface area contributed by atoms with E-state index in [0.717, 1.165) is 48.8 Å². The lowest BCUT2D eigenvalue weighted by Gasteiger charge is -2.31. The molecule has 276 valence electrons. The second-order valence-electron chi connectivity index (χ2n) is 14.1. The zero-order valence-corrected chi connectivity index (χ0v) is 29.8. The van der Waals surface area contributed by atoms with Gasteiger partial charge in [0.1, 0.15) is 24.2 Å². The first-order valence-corrected chi connectivity index (χ1v) is 19.5. The van der Waals surface area contributed by atoms with E-state index in [1.54, 1.807) is 42.5 Å². The van der Waals surface area contributed by atoms with Crippen LogP contribution in [0, 0.1) is 23.2 Å². The minimum Gasteiger partial charge on any atom is -0.493 e. The molecule has 2 saturated heterocycles. The van der Waals surface area contributed by atoms with Gasteiger partial charge in [-0.1, -0.05) is 37.1 Å². The van der Waals surface area contributed by atoms with Gasteiger partial charge in [0.15, 0.2) is 6.29 Å². The van der Waals surface area contributed by atoms with Crippen LogP contribution in [-0.4, -0.2) is 81.4 Å². The lowest BCUT2D eigenvalue weighted by atomic mass is 10.0. The number of carbonyl (C=O) groups excluding carboxylic acids is 1. The number of aliphatic hydroxyl groups excluding tert-OH is 1. The number of rotatable bonds is 14. The van der Waals surface area contributed by atoms with Crippen molar-refractivity contribution in [3.8, 4) is 17.6 Å². The summed E-state index contributed by atoms with van der Waals surface area (Å²) in [6, 6.07) is 20.7. The Kier molecular flexibility index (Phi) is 11.3. The number of nitrogens with zero attached hydrogens (tertiary/aromatic N) is 2. The van der Waals surface area contributed by atoms with Crippen LogP contribution in [0.5, 0.6) is 11.5 Å². The molecule has 2 N–H and O–H groups in total. The number of sulfonamides is 1. The molecule has 4 aliphatic rings. The van der Waals surface area contributed by atoms with Gasteiger partial charge in [-0.2, -0.15) is 9.57 Å². The third-order valence-electron chi connectivity index (χ3n) is 10.5. The number of ether oxygens (including phenoxy) is 5.